The van der Waals surface area contributed by atoms with Crippen LogP contribution in [0.2, 0.25) is 0 Å². The molecular weight excluding hydrogens is 330 g/mol. The molecular formula is C19H33N5O2. The Morgan fingerprint density at radius 2 is 2.12 bits per heavy atom. The molecule has 0 saturated heterocycles. The summed E-state index contributed by atoms with van der Waals surface area (Å²) in [5.41, 5.74) is 6.23. The van der Waals surface area contributed by atoms with Gasteiger partial charge in [0.2, 0.25) is 5.91 Å². The second kappa shape index (κ2) is 9.46. The third-order valence-electron chi connectivity index (χ3n) is 5.78. The molecule has 3 N–H and O–H groups in total. The molecule has 0 spiro atoms. The van der Waals surface area contributed by atoms with E-state index in [-0.39, 0.29) is 24.0 Å². The lowest BCUT2D eigenvalue weighted by Crippen LogP contribution is -2.46. The average molecular weight is 364 g/mol. The molecule has 1 heterocycles. The minimum atomic E-state index is -0.0584. The van der Waals surface area contributed by atoms with E-state index in [1.807, 2.05) is 6.33 Å². The molecule has 1 amide bonds. The lowest BCUT2D eigenvalue weighted by molar-refractivity contribution is -0.127. The molecule has 3 atom stereocenters. The number of rotatable bonds is 7. The highest BCUT2D eigenvalue weighted by Crippen LogP contribution is 2.29. The van der Waals surface area contributed by atoms with Crippen LogP contribution in [-0.2, 0) is 16.1 Å². The van der Waals surface area contributed by atoms with Crippen LogP contribution in [0.1, 0.15) is 76.6 Å². The zero-order chi connectivity index (χ0) is 18.4. The van der Waals surface area contributed by atoms with Gasteiger partial charge in [0.05, 0.1) is 12.6 Å². The van der Waals surface area contributed by atoms with Crippen molar-refractivity contribution in [3.63, 3.8) is 0 Å². The van der Waals surface area contributed by atoms with Crippen LogP contribution in [0.25, 0.3) is 0 Å². The summed E-state index contributed by atoms with van der Waals surface area (Å²) >= 11 is 0. The Morgan fingerprint density at radius 3 is 2.85 bits per heavy atom. The van der Waals surface area contributed by atoms with Crippen molar-refractivity contribution in [2.75, 3.05) is 6.61 Å². The number of nitrogens with two attached hydrogens (primary N) is 1. The Balaban J connectivity index is 1.48. The third-order valence-corrected chi connectivity index (χ3v) is 5.78. The maximum absolute atomic E-state index is 12.6. The monoisotopic (exact) mass is 363 g/mol. The maximum Gasteiger partial charge on any atom is 0.223 e. The molecule has 1 aromatic rings. The number of hydrogen-bond donors (Lipinski definition) is 2. The molecule has 0 radical (unpaired) electrons. The van der Waals surface area contributed by atoms with Crippen molar-refractivity contribution in [3.8, 4) is 0 Å². The molecule has 0 unspecified atom stereocenters. The number of nitrogens with one attached hydrogen (secondary N) is 1. The summed E-state index contributed by atoms with van der Waals surface area (Å²) in [6, 6.07) is 0.419. The highest BCUT2D eigenvalue weighted by molar-refractivity contribution is 5.78. The molecule has 146 valence electrons. The molecule has 7 heteroatoms. The molecule has 2 aliphatic carbocycles. The topological polar surface area (TPSA) is 95.1 Å². The van der Waals surface area contributed by atoms with Gasteiger partial charge in [0.15, 0.2) is 5.82 Å². The Kier molecular flexibility index (Phi) is 7.02. The highest BCUT2D eigenvalue weighted by Gasteiger charge is 2.32. The number of ether oxygens (including phenoxy) is 1. The summed E-state index contributed by atoms with van der Waals surface area (Å²) in [6.45, 7) is 3.28. The van der Waals surface area contributed by atoms with Crippen LogP contribution in [0.5, 0.6) is 0 Å². The summed E-state index contributed by atoms with van der Waals surface area (Å²) in [5.74, 6) is 0.902. The predicted octanol–water partition coefficient (Wildman–Crippen LogP) is 2.32. The molecule has 3 rings (SSSR count). The van der Waals surface area contributed by atoms with E-state index in [4.69, 9.17) is 10.5 Å². The van der Waals surface area contributed by atoms with E-state index in [0.717, 1.165) is 31.7 Å². The fraction of sp³-hybridized carbons (Fsp3) is 0.842. The number of aromatic nitrogens is 3. The SMILES string of the molecule is CCCO[C@@H]1CC[C@H](C(=O)NCc2nncn2C2CCCCC2)C[C@H]1N. The van der Waals surface area contributed by atoms with Crippen molar-refractivity contribution in [1.29, 1.82) is 0 Å². The Morgan fingerprint density at radius 1 is 1.31 bits per heavy atom. The number of amides is 1. The van der Waals surface area contributed by atoms with E-state index < -0.39 is 0 Å². The van der Waals surface area contributed by atoms with Gasteiger partial charge in [0.25, 0.3) is 0 Å². The number of nitrogens with zero attached hydrogens (tertiary/aromatic N) is 3. The molecule has 26 heavy (non-hydrogen) atoms. The minimum absolute atomic E-state index is 0.0301. The van der Waals surface area contributed by atoms with Gasteiger partial charge < -0.3 is 20.4 Å². The summed E-state index contributed by atoms with van der Waals surface area (Å²) < 4.78 is 7.95. The van der Waals surface area contributed by atoms with Crippen molar-refractivity contribution in [1.82, 2.24) is 20.1 Å². The maximum atomic E-state index is 12.6. The van der Waals surface area contributed by atoms with Gasteiger partial charge in [-0.2, -0.15) is 0 Å². The van der Waals surface area contributed by atoms with Gasteiger partial charge >= 0.3 is 0 Å². The Labute approximate surface area is 156 Å². The second-order valence-electron chi connectivity index (χ2n) is 7.75. The first-order valence-corrected chi connectivity index (χ1v) is 10.2. The first-order valence-electron chi connectivity index (χ1n) is 10.2. The molecule has 2 saturated carbocycles. The smallest absolute Gasteiger partial charge is 0.223 e. The van der Waals surface area contributed by atoms with Gasteiger partial charge in [-0.05, 0) is 38.5 Å². The minimum Gasteiger partial charge on any atom is -0.377 e. The van der Waals surface area contributed by atoms with Gasteiger partial charge in [-0.1, -0.05) is 26.2 Å². The molecule has 7 nitrogen and oxygen atoms in total. The van der Waals surface area contributed by atoms with Gasteiger partial charge in [0, 0.05) is 24.6 Å². The van der Waals surface area contributed by atoms with E-state index in [0.29, 0.717) is 19.0 Å². The van der Waals surface area contributed by atoms with E-state index in [2.05, 4.69) is 27.0 Å². The van der Waals surface area contributed by atoms with Crippen molar-refractivity contribution in [2.24, 2.45) is 11.7 Å². The fourth-order valence-corrected chi connectivity index (χ4v) is 4.26. The van der Waals surface area contributed by atoms with Crippen molar-refractivity contribution >= 4 is 5.91 Å². The predicted molar refractivity (Wildman–Crippen MR) is 99.3 cm³/mol. The fourth-order valence-electron chi connectivity index (χ4n) is 4.26. The first kappa shape index (κ1) is 19.3. The number of carbonyl (C=O) groups excluding carboxylic acids is 1. The van der Waals surface area contributed by atoms with Gasteiger partial charge in [-0.25, -0.2) is 0 Å². The molecule has 0 bridgehead atoms. The summed E-state index contributed by atoms with van der Waals surface area (Å²) in [5, 5.41) is 11.3. The van der Waals surface area contributed by atoms with Gasteiger partial charge in [0.1, 0.15) is 6.33 Å². The van der Waals surface area contributed by atoms with E-state index in [1.54, 1.807) is 0 Å². The summed E-state index contributed by atoms with van der Waals surface area (Å²) in [4.78, 5) is 12.6. The van der Waals surface area contributed by atoms with Crippen LogP contribution in [-0.4, -0.2) is 39.4 Å². The number of carbonyl (C=O) groups is 1. The lowest BCUT2D eigenvalue weighted by atomic mass is 9.83. The summed E-state index contributed by atoms with van der Waals surface area (Å²) in [7, 11) is 0. The zero-order valence-electron chi connectivity index (χ0n) is 15.9. The molecule has 2 aliphatic rings. The van der Waals surface area contributed by atoms with Crippen molar-refractivity contribution < 1.29 is 9.53 Å². The molecule has 0 aliphatic heterocycles. The van der Waals surface area contributed by atoms with Crippen molar-refractivity contribution in [3.05, 3.63) is 12.2 Å². The third kappa shape index (κ3) is 4.82. The van der Waals surface area contributed by atoms with E-state index in [9.17, 15) is 4.79 Å². The van der Waals surface area contributed by atoms with E-state index in [1.165, 1.54) is 32.1 Å². The van der Waals surface area contributed by atoms with Crippen molar-refractivity contribution in [2.45, 2.75) is 89.4 Å². The first-order chi connectivity index (χ1) is 12.7. The molecule has 1 aromatic heterocycles. The normalized spacial score (nSPS) is 27.4. The quantitative estimate of drug-likeness (QED) is 0.775. The highest BCUT2D eigenvalue weighted by atomic mass is 16.5. The van der Waals surface area contributed by atoms with Crippen LogP contribution < -0.4 is 11.1 Å². The van der Waals surface area contributed by atoms with Gasteiger partial charge in [-0.3, -0.25) is 4.79 Å². The van der Waals surface area contributed by atoms with Crippen LogP contribution >= 0.6 is 0 Å². The Bertz CT molecular complexity index is 570. The van der Waals surface area contributed by atoms with E-state index >= 15 is 0 Å². The number of hydrogen-bond acceptors (Lipinski definition) is 5. The van der Waals surface area contributed by atoms with Crippen LogP contribution in [0.3, 0.4) is 0 Å². The summed E-state index contributed by atoms with van der Waals surface area (Å²) in [6.07, 6.45) is 11.5. The standard InChI is InChI=1S/C19H33N5O2/c1-2-10-26-17-9-8-14(11-16(17)20)19(25)21-12-18-23-22-13-24(18)15-6-4-3-5-7-15/h13-17H,2-12,20H2,1H3,(H,21,25)/t14-,16+,17+/m0/s1. The van der Waals surface area contributed by atoms with Crippen LogP contribution in [0, 0.1) is 5.92 Å². The van der Waals surface area contributed by atoms with Crippen LogP contribution in [0.15, 0.2) is 6.33 Å². The Hall–Kier alpha value is -1.47. The lowest BCUT2D eigenvalue weighted by Gasteiger charge is -2.33. The van der Waals surface area contributed by atoms with Gasteiger partial charge in [-0.15, -0.1) is 10.2 Å². The van der Waals surface area contributed by atoms with Crippen LogP contribution in [0.4, 0.5) is 0 Å². The zero-order valence-corrected chi connectivity index (χ0v) is 15.9. The largest absolute Gasteiger partial charge is 0.377 e. The molecule has 2 fully saturated rings. The molecule has 0 aromatic carbocycles. The second-order valence-corrected chi connectivity index (χ2v) is 7.75. The average Bonchev–Trinajstić information content (AvgIpc) is 3.14.